The molecule has 0 aliphatic heterocycles. The van der Waals surface area contributed by atoms with Crippen molar-refractivity contribution in [1.82, 2.24) is 10.3 Å². The van der Waals surface area contributed by atoms with Gasteiger partial charge in [-0.05, 0) is 37.4 Å². The number of nitrogens with one attached hydrogen (secondary N) is 1. The summed E-state index contributed by atoms with van der Waals surface area (Å²) in [5.74, 6) is 0.547. The Morgan fingerprint density at radius 2 is 2.11 bits per heavy atom. The third-order valence-corrected chi connectivity index (χ3v) is 4.04. The molecule has 0 spiro atoms. The molecule has 19 heavy (non-hydrogen) atoms. The Labute approximate surface area is 115 Å². The number of hydrogen-bond acceptors (Lipinski definition) is 2. The average molecular weight is 264 g/mol. The molecule has 2 nitrogen and oxygen atoms in total. The van der Waals surface area contributed by atoms with Crippen LogP contribution in [0.5, 0.6) is 0 Å². The highest BCUT2D eigenvalue weighted by molar-refractivity contribution is 5.10. The molecular weight excluding hydrogens is 239 g/mol. The molecule has 2 rings (SSSR count). The van der Waals surface area contributed by atoms with Crippen LogP contribution in [0.2, 0.25) is 0 Å². The first-order chi connectivity index (χ1) is 9.29. The first kappa shape index (κ1) is 14.4. The van der Waals surface area contributed by atoms with Crippen LogP contribution in [-0.2, 0) is 0 Å². The highest BCUT2D eigenvalue weighted by Crippen LogP contribution is 2.31. The van der Waals surface area contributed by atoms with Gasteiger partial charge in [-0.2, -0.15) is 0 Å². The quantitative estimate of drug-likeness (QED) is 0.831. The van der Waals surface area contributed by atoms with Gasteiger partial charge in [0.05, 0.1) is 11.9 Å². The average Bonchev–Trinajstić information content (AvgIpc) is 2.45. The van der Waals surface area contributed by atoms with Crippen molar-refractivity contribution in [2.75, 3.05) is 6.54 Å². The number of hydrogen-bond donors (Lipinski definition) is 1. The van der Waals surface area contributed by atoms with Crippen LogP contribution < -0.4 is 5.32 Å². The molecule has 1 fully saturated rings. The van der Waals surface area contributed by atoms with Crippen molar-refractivity contribution in [2.45, 2.75) is 57.9 Å². The number of nitrogens with zero attached hydrogens (tertiary/aromatic N) is 1. The number of pyridine rings is 1. The van der Waals surface area contributed by atoms with Gasteiger partial charge in [-0.25, -0.2) is 4.39 Å². The van der Waals surface area contributed by atoms with E-state index in [1.54, 1.807) is 0 Å². The van der Waals surface area contributed by atoms with E-state index in [1.807, 2.05) is 6.07 Å². The Balaban J connectivity index is 1.99. The third kappa shape index (κ3) is 4.57. The van der Waals surface area contributed by atoms with Gasteiger partial charge in [0.2, 0.25) is 0 Å². The highest BCUT2D eigenvalue weighted by atomic mass is 19.1. The van der Waals surface area contributed by atoms with E-state index in [0.29, 0.717) is 0 Å². The number of aromatic nitrogens is 1. The summed E-state index contributed by atoms with van der Waals surface area (Å²) in [4.78, 5) is 4.26. The highest BCUT2D eigenvalue weighted by Gasteiger charge is 2.20. The monoisotopic (exact) mass is 264 g/mol. The molecule has 1 aliphatic rings. The SMILES string of the molecule is CCCNC(CC1CCCCC1)c1ccc(F)cn1. The van der Waals surface area contributed by atoms with Crippen LogP contribution in [0, 0.1) is 11.7 Å². The molecule has 0 saturated heterocycles. The lowest BCUT2D eigenvalue weighted by Gasteiger charge is -2.27. The Morgan fingerprint density at radius 3 is 2.74 bits per heavy atom. The summed E-state index contributed by atoms with van der Waals surface area (Å²) in [5.41, 5.74) is 0.987. The molecule has 106 valence electrons. The van der Waals surface area contributed by atoms with Crippen molar-refractivity contribution in [2.24, 2.45) is 5.92 Å². The maximum atomic E-state index is 13.0. The minimum Gasteiger partial charge on any atom is -0.309 e. The summed E-state index contributed by atoms with van der Waals surface area (Å²) in [6.45, 7) is 3.17. The van der Waals surface area contributed by atoms with Gasteiger partial charge >= 0.3 is 0 Å². The van der Waals surface area contributed by atoms with E-state index in [4.69, 9.17) is 0 Å². The summed E-state index contributed by atoms with van der Waals surface area (Å²) in [5, 5.41) is 3.57. The molecule has 0 radical (unpaired) electrons. The molecule has 1 atom stereocenters. The van der Waals surface area contributed by atoms with E-state index in [0.717, 1.165) is 31.0 Å². The Morgan fingerprint density at radius 1 is 1.32 bits per heavy atom. The molecular formula is C16H25FN2. The summed E-state index contributed by atoms with van der Waals surface area (Å²) >= 11 is 0. The molecule has 1 heterocycles. The van der Waals surface area contributed by atoms with E-state index >= 15 is 0 Å². The van der Waals surface area contributed by atoms with E-state index in [2.05, 4.69) is 17.2 Å². The first-order valence-corrected chi connectivity index (χ1v) is 7.64. The summed E-state index contributed by atoms with van der Waals surface area (Å²) in [6.07, 6.45) is 10.4. The molecule has 0 bridgehead atoms. The molecule has 3 heteroatoms. The van der Waals surface area contributed by atoms with Crippen LogP contribution in [0.3, 0.4) is 0 Å². The second-order valence-electron chi connectivity index (χ2n) is 5.65. The summed E-state index contributed by atoms with van der Waals surface area (Å²) in [7, 11) is 0. The van der Waals surface area contributed by atoms with Crippen molar-refractivity contribution < 1.29 is 4.39 Å². The van der Waals surface area contributed by atoms with Crippen LogP contribution in [0.25, 0.3) is 0 Å². The Bertz CT molecular complexity index is 358. The number of halogens is 1. The summed E-state index contributed by atoms with van der Waals surface area (Å²) in [6, 6.07) is 3.62. The van der Waals surface area contributed by atoms with Gasteiger partial charge < -0.3 is 5.32 Å². The van der Waals surface area contributed by atoms with Crippen molar-refractivity contribution in [1.29, 1.82) is 0 Å². The minimum atomic E-state index is -0.254. The second kappa shape index (κ2) is 7.59. The van der Waals surface area contributed by atoms with Gasteiger partial charge in [-0.15, -0.1) is 0 Å². The second-order valence-corrected chi connectivity index (χ2v) is 5.65. The summed E-state index contributed by atoms with van der Waals surface area (Å²) < 4.78 is 13.0. The fraction of sp³-hybridized carbons (Fsp3) is 0.688. The Hall–Kier alpha value is -0.960. The van der Waals surface area contributed by atoms with E-state index in [-0.39, 0.29) is 11.9 Å². The van der Waals surface area contributed by atoms with Crippen LogP contribution in [0.15, 0.2) is 18.3 Å². The van der Waals surface area contributed by atoms with Crippen LogP contribution >= 0.6 is 0 Å². The van der Waals surface area contributed by atoms with Gasteiger partial charge in [0, 0.05) is 6.04 Å². The normalized spacial score (nSPS) is 18.4. The van der Waals surface area contributed by atoms with Crippen LogP contribution in [-0.4, -0.2) is 11.5 Å². The maximum absolute atomic E-state index is 13.0. The van der Waals surface area contributed by atoms with E-state index < -0.39 is 0 Å². The molecule has 1 aliphatic carbocycles. The molecule has 1 saturated carbocycles. The van der Waals surface area contributed by atoms with Crippen LogP contribution in [0.4, 0.5) is 4.39 Å². The van der Waals surface area contributed by atoms with Crippen molar-refractivity contribution in [3.63, 3.8) is 0 Å². The van der Waals surface area contributed by atoms with E-state index in [1.165, 1.54) is 44.4 Å². The predicted molar refractivity (Wildman–Crippen MR) is 76.4 cm³/mol. The lowest BCUT2D eigenvalue weighted by molar-refractivity contribution is 0.297. The topological polar surface area (TPSA) is 24.9 Å². The zero-order chi connectivity index (χ0) is 13.5. The van der Waals surface area contributed by atoms with E-state index in [9.17, 15) is 4.39 Å². The van der Waals surface area contributed by atoms with Crippen molar-refractivity contribution in [3.05, 3.63) is 29.8 Å². The maximum Gasteiger partial charge on any atom is 0.141 e. The zero-order valence-electron chi connectivity index (χ0n) is 11.9. The molecule has 1 aromatic heterocycles. The van der Waals surface area contributed by atoms with Gasteiger partial charge in [0.15, 0.2) is 0 Å². The molecule has 0 aromatic carbocycles. The molecule has 1 aromatic rings. The fourth-order valence-corrected chi connectivity index (χ4v) is 2.98. The smallest absolute Gasteiger partial charge is 0.141 e. The van der Waals surface area contributed by atoms with Gasteiger partial charge in [0.1, 0.15) is 5.82 Å². The zero-order valence-corrected chi connectivity index (χ0v) is 11.9. The predicted octanol–water partition coefficient (Wildman–Crippen LogP) is 4.23. The van der Waals surface area contributed by atoms with Gasteiger partial charge in [-0.3, -0.25) is 4.98 Å². The third-order valence-electron chi connectivity index (χ3n) is 4.04. The fourth-order valence-electron chi connectivity index (χ4n) is 2.98. The van der Waals surface area contributed by atoms with Gasteiger partial charge in [0.25, 0.3) is 0 Å². The minimum absolute atomic E-state index is 0.254. The largest absolute Gasteiger partial charge is 0.309 e. The standard InChI is InChI=1S/C16H25FN2/c1-2-10-18-16(11-13-6-4-3-5-7-13)15-9-8-14(17)12-19-15/h8-9,12-13,16,18H,2-7,10-11H2,1H3. The first-order valence-electron chi connectivity index (χ1n) is 7.64. The molecule has 1 N–H and O–H groups in total. The van der Waals surface area contributed by atoms with Crippen molar-refractivity contribution >= 4 is 0 Å². The molecule has 1 unspecified atom stereocenters. The lowest BCUT2D eigenvalue weighted by Crippen LogP contribution is -2.26. The number of rotatable bonds is 6. The molecule has 0 amide bonds. The van der Waals surface area contributed by atoms with Crippen LogP contribution in [0.1, 0.15) is 63.6 Å². The van der Waals surface area contributed by atoms with Gasteiger partial charge in [-0.1, -0.05) is 39.0 Å². The van der Waals surface area contributed by atoms with Crippen molar-refractivity contribution in [3.8, 4) is 0 Å². The Kier molecular flexibility index (Phi) is 5.77. The lowest BCUT2D eigenvalue weighted by atomic mass is 9.84.